The minimum absolute atomic E-state index is 0.514. The lowest BCUT2D eigenvalue weighted by Crippen LogP contribution is -2.51. The summed E-state index contributed by atoms with van der Waals surface area (Å²) >= 11 is 0.958. The second-order valence-corrected chi connectivity index (χ2v) is 6.47. The van der Waals surface area contributed by atoms with Gasteiger partial charge in [0.15, 0.2) is 0 Å². The maximum absolute atomic E-state index is 11.7. The Labute approximate surface area is 144 Å². The fourth-order valence-electron chi connectivity index (χ4n) is 2.85. The van der Waals surface area contributed by atoms with Crippen LogP contribution in [-0.2, 0) is 0 Å². The third-order valence-electron chi connectivity index (χ3n) is 3.94. The van der Waals surface area contributed by atoms with Crippen LogP contribution in [0.15, 0.2) is 58.8 Å². The molecule has 128 valence electrons. The molecule has 0 saturated heterocycles. The van der Waals surface area contributed by atoms with Crippen LogP contribution in [-0.4, -0.2) is 47.9 Å². The van der Waals surface area contributed by atoms with Gasteiger partial charge in [-0.05, 0) is 17.8 Å². The van der Waals surface area contributed by atoms with Crippen LogP contribution in [0.2, 0.25) is 0 Å². The molecule has 2 aliphatic carbocycles. The van der Waals surface area contributed by atoms with Gasteiger partial charge in [0, 0.05) is 11.0 Å². The smallest absolute Gasteiger partial charge is 0.393 e. The topological polar surface area (TPSA) is 136 Å². The Kier molecular flexibility index (Phi) is 3.80. The number of likely N-dealkylation sites (N-methyl/N-ethyl adjacent to an activating group) is 1. The van der Waals surface area contributed by atoms with E-state index in [-0.39, 0.29) is 0 Å². The molecular formula is C14H11N4O6S+. The third-order valence-corrected chi connectivity index (χ3v) is 5.50. The summed E-state index contributed by atoms with van der Waals surface area (Å²) in [6.07, 6.45) is 10.3. The van der Waals surface area contributed by atoms with E-state index in [4.69, 9.17) is 0 Å². The molecule has 0 amide bonds. The maximum Gasteiger partial charge on any atom is 0.393 e. The SMILES string of the molecule is C[N+]1=C2C=CC=CC=C2S[C@@]12C([N+](=O)[O-])=CC([N+](=O)[O-])=CC2=[N+]([O-])O. The van der Waals surface area contributed by atoms with Crippen molar-refractivity contribution in [3.05, 3.63) is 84.3 Å². The van der Waals surface area contributed by atoms with E-state index < -0.39 is 36.7 Å². The lowest BCUT2D eigenvalue weighted by molar-refractivity contribution is -0.732. The summed E-state index contributed by atoms with van der Waals surface area (Å²) in [5, 5.41) is 44.0. The molecular weight excluding hydrogens is 352 g/mol. The maximum atomic E-state index is 11.7. The van der Waals surface area contributed by atoms with Crippen LogP contribution in [0, 0.1) is 25.4 Å². The average molecular weight is 363 g/mol. The van der Waals surface area contributed by atoms with Crippen molar-refractivity contribution in [2.24, 2.45) is 0 Å². The minimum Gasteiger partial charge on any atom is -0.417 e. The van der Waals surface area contributed by atoms with E-state index in [1.807, 2.05) is 0 Å². The van der Waals surface area contributed by atoms with Gasteiger partial charge in [0.1, 0.15) is 7.05 Å². The molecule has 1 aliphatic heterocycles. The lowest BCUT2D eigenvalue weighted by Gasteiger charge is -2.20. The predicted molar refractivity (Wildman–Crippen MR) is 88.5 cm³/mol. The van der Waals surface area contributed by atoms with Gasteiger partial charge in [0.2, 0.25) is 5.71 Å². The van der Waals surface area contributed by atoms with Crippen molar-refractivity contribution in [2.75, 3.05) is 7.05 Å². The summed E-state index contributed by atoms with van der Waals surface area (Å²) < 4.78 is 1.45. The molecule has 3 rings (SSSR count). The number of nitro groups is 2. The van der Waals surface area contributed by atoms with Gasteiger partial charge in [-0.2, -0.15) is 4.58 Å². The van der Waals surface area contributed by atoms with Gasteiger partial charge in [-0.25, -0.2) is 0 Å². The van der Waals surface area contributed by atoms with E-state index in [1.165, 1.54) is 11.6 Å². The predicted octanol–water partition coefficient (Wildman–Crippen LogP) is 1.20. The molecule has 0 unspecified atom stereocenters. The highest BCUT2D eigenvalue weighted by atomic mass is 32.2. The number of fused-ring (bicyclic) bond motifs is 1. The molecule has 1 heterocycles. The molecule has 1 spiro atoms. The molecule has 25 heavy (non-hydrogen) atoms. The summed E-state index contributed by atoms with van der Waals surface area (Å²) in [6, 6.07) is 0. The van der Waals surface area contributed by atoms with Gasteiger partial charge in [-0.15, -0.1) is 0 Å². The summed E-state index contributed by atoms with van der Waals surface area (Å²) in [6.45, 7) is 0. The van der Waals surface area contributed by atoms with E-state index in [0.717, 1.165) is 23.9 Å². The fourth-order valence-corrected chi connectivity index (χ4v) is 4.33. The number of hydrogen-bond acceptors (Lipinski definition) is 7. The molecule has 0 fully saturated rings. The first-order chi connectivity index (χ1) is 11.8. The monoisotopic (exact) mass is 363 g/mol. The van der Waals surface area contributed by atoms with Crippen molar-refractivity contribution >= 4 is 23.2 Å². The first-order valence-corrected chi connectivity index (χ1v) is 7.72. The van der Waals surface area contributed by atoms with Crippen molar-refractivity contribution in [1.29, 1.82) is 0 Å². The molecule has 0 aromatic heterocycles. The standard InChI is InChI=1S/C14H11N4O6S/c1-15-10-5-3-2-4-6-11(10)25-14(15)12(17(21)22)7-9(16(19)20)8-13(14)18(23)24/h2-8H,1H3,(H,21,22)/q+1/t14-/m0/s1. The number of thioether (sulfide) groups is 1. The molecule has 0 bridgehead atoms. The Balaban J connectivity index is 2.34. The van der Waals surface area contributed by atoms with E-state index in [9.17, 15) is 30.6 Å². The number of allylic oxidation sites excluding steroid dienone is 7. The van der Waals surface area contributed by atoms with Gasteiger partial charge in [-0.1, -0.05) is 18.2 Å². The third kappa shape index (κ3) is 2.36. The molecule has 1 atom stereocenters. The minimum atomic E-state index is -1.73. The van der Waals surface area contributed by atoms with Crippen molar-refractivity contribution in [3.8, 4) is 0 Å². The first-order valence-electron chi connectivity index (χ1n) is 6.90. The number of rotatable bonds is 2. The second kappa shape index (κ2) is 5.70. The zero-order chi connectivity index (χ0) is 18.4. The zero-order valence-corrected chi connectivity index (χ0v) is 13.5. The van der Waals surface area contributed by atoms with Crippen molar-refractivity contribution in [1.82, 2.24) is 0 Å². The van der Waals surface area contributed by atoms with Crippen LogP contribution >= 0.6 is 11.8 Å². The van der Waals surface area contributed by atoms with Gasteiger partial charge in [0.25, 0.3) is 5.70 Å². The second-order valence-electron chi connectivity index (χ2n) is 5.24. The Morgan fingerprint density at radius 3 is 2.44 bits per heavy atom. The van der Waals surface area contributed by atoms with Crippen molar-refractivity contribution in [3.63, 3.8) is 0 Å². The Hall–Kier alpha value is -3.21. The van der Waals surface area contributed by atoms with Crippen molar-refractivity contribution in [2.45, 2.75) is 4.87 Å². The summed E-state index contributed by atoms with van der Waals surface area (Å²) in [4.78, 5) is 19.4. The number of nitrogens with zero attached hydrogens (tertiary/aromatic N) is 4. The molecule has 10 nitrogen and oxygen atoms in total. The van der Waals surface area contributed by atoms with Crippen LogP contribution in [0.25, 0.3) is 0 Å². The van der Waals surface area contributed by atoms with E-state index in [2.05, 4.69) is 0 Å². The number of hydrogen-bond donors (Lipinski definition) is 1. The zero-order valence-electron chi connectivity index (χ0n) is 12.7. The largest absolute Gasteiger partial charge is 0.417 e. The molecule has 0 radical (unpaired) electrons. The fraction of sp³-hybridized carbons (Fsp3) is 0.143. The molecule has 0 aromatic rings. The molecule has 1 N–H and O–H groups in total. The van der Waals surface area contributed by atoms with Crippen LogP contribution in [0.5, 0.6) is 0 Å². The highest BCUT2D eigenvalue weighted by Crippen LogP contribution is 2.48. The lowest BCUT2D eigenvalue weighted by atomic mass is 9.99. The van der Waals surface area contributed by atoms with Gasteiger partial charge in [-0.3, -0.25) is 25.4 Å². The van der Waals surface area contributed by atoms with Gasteiger partial charge in [0.05, 0.1) is 26.9 Å². The van der Waals surface area contributed by atoms with Crippen LogP contribution < -0.4 is 0 Å². The van der Waals surface area contributed by atoms with Gasteiger partial charge >= 0.3 is 16.3 Å². The molecule has 11 heteroatoms. The van der Waals surface area contributed by atoms with Crippen LogP contribution in [0.3, 0.4) is 0 Å². The first kappa shape index (κ1) is 16.6. The molecule has 0 saturated carbocycles. The Bertz CT molecular complexity index is 920. The van der Waals surface area contributed by atoms with E-state index >= 15 is 0 Å². The van der Waals surface area contributed by atoms with Crippen molar-refractivity contribution < 1.29 is 24.5 Å². The highest BCUT2D eigenvalue weighted by molar-refractivity contribution is 8.06. The van der Waals surface area contributed by atoms with Crippen LogP contribution in [0.4, 0.5) is 0 Å². The van der Waals surface area contributed by atoms with E-state index in [1.54, 1.807) is 30.4 Å². The quantitative estimate of drug-likeness (QED) is 0.256. The summed E-state index contributed by atoms with van der Waals surface area (Å²) in [7, 11) is 1.52. The normalized spacial score (nSPS) is 26.7. The summed E-state index contributed by atoms with van der Waals surface area (Å²) in [5.41, 5.74) is -1.17. The average Bonchev–Trinajstić information content (AvgIpc) is 2.71. The Morgan fingerprint density at radius 1 is 1.12 bits per heavy atom. The van der Waals surface area contributed by atoms with E-state index in [0.29, 0.717) is 10.6 Å². The Morgan fingerprint density at radius 2 is 1.84 bits per heavy atom. The summed E-state index contributed by atoms with van der Waals surface area (Å²) in [5.74, 6) is 0. The molecule has 3 aliphatic rings. The highest BCUT2D eigenvalue weighted by Gasteiger charge is 2.69. The van der Waals surface area contributed by atoms with Crippen LogP contribution in [0.1, 0.15) is 0 Å². The van der Waals surface area contributed by atoms with Gasteiger partial charge < -0.3 is 5.21 Å². The molecule has 0 aromatic carbocycles.